The molecule has 3 rings (SSSR count). The molecule has 0 saturated heterocycles. The summed E-state index contributed by atoms with van der Waals surface area (Å²) in [6.45, 7) is 11.0. The SMILES string of the molecule is COc1ccc(CN([C@H]2[C@H](C)CC[C@H]2C(=O)OC(C)(C)C)[C@@H](C)c2ccccc2)cc1OC. The van der Waals surface area contributed by atoms with E-state index in [1.165, 1.54) is 5.56 Å². The highest BCUT2D eigenvalue weighted by atomic mass is 16.6. The Labute approximate surface area is 199 Å². The van der Waals surface area contributed by atoms with E-state index < -0.39 is 5.60 Å². The Balaban J connectivity index is 1.98. The van der Waals surface area contributed by atoms with Gasteiger partial charge < -0.3 is 14.2 Å². The van der Waals surface area contributed by atoms with E-state index in [9.17, 15) is 4.79 Å². The summed E-state index contributed by atoms with van der Waals surface area (Å²) >= 11 is 0. The molecule has 1 aliphatic rings. The lowest BCUT2D eigenvalue weighted by Gasteiger charge is -2.40. The van der Waals surface area contributed by atoms with Gasteiger partial charge in [-0.05, 0) is 69.7 Å². The van der Waals surface area contributed by atoms with Gasteiger partial charge in [0.05, 0.1) is 20.1 Å². The van der Waals surface area contributed by atoms with Crippen LogP contribution in [-0.2, 0) is 16.1 Å². The van der Waals surface area contributed by atoms with Crippen molar-refractivity contribution in [2.24, 2.45) is 11.8 Å². The first-order valence-electron chi connectivity index (χ1n) is 11.9. The smallest absolute Gasteiger partial charge is 0.311 e. The van der Waals surface area contributed by atoms with Gasteiger partial charge in [-0.2, -0.15) is 0 Å². The van der Waals surface area contributed by atoms with Gasteiger partial charge in [0.1, 0.15) is 5.60 Å². The number of rotatable bonds is 8. The molecule has 180 valence electrons. The molecule has 1 fully saturated rings. The third-order valence-corrected chi connectivity index (χ3v) is 6.61. The van der Waals surface area contributed by atoms with Crippen LogP contribution in [0.2, 0.25) is 0 Å². The number of carbonyl (C=O) groups is 1. The summed E-state index contributed by atoms with van der Waals surface area (Å²) in [6.07, 6.45) is 1.86. The van der Waals surface area contributed by atoms with Crippen molar-refractivity contribution in [2.45, 2.75) is 71.7 Å². The zero-order valence-electron chi connectivity index (χ0n) is 21.1. The van der Waals surface area contributed by atoms with E-state index in [4.69, 9.17) is 14.2 Å². The lowest BCUT2D eigenvalue weighted by atomic mass is 9.92. The predicted octanol–water partition coefficient (Wildman–Crippen LogP) is 6.02. The molecule has 0 aromatic heterocycles. The number of carbonyl (C=O) groups excluding carboxylic acids is 1. The molecule has 0 unspecified atom stereocenters. The molecule has 5 heteroatoms. The average Bonchev–Trinajstić information content (AvgIpc) is 3.17. The van der Waals surface area contributed by atoms with Crippen molar-refractivity contribution in [3.8, 4) is 11.5 Å². The fourth-order valence-corrected chi connectivity index (χ4v) is 4.99. The van der Waals surface area contributed by atoms with Crippen LogP contribution in [0.5, 0.6) is 11.5 Å². The molecule has 2 aromatic carbocycles. The summed E-state index contributed by atoms with van der Waals surface area (Å²) in [7, 11) is 3.30. The van der Waals surface area contributed by atoms with Gasteiger partial charge >= 0.3 is 5.97 Å². The quantitative estimate of drug-likeness (QED) is 0.457. The lowest BCUT2D eigenvalue weighted by Crippen LogP contribution is -2.46. The van der Waals surface area contributed by atoms with Crippen LogP contribution < -0.4 is 9.47 Å². The van der Waals surface area contributed by atoms with Crippen molar-refractivity contribution in [3.63, 3.8) is 0 Å². The Morgan fingerprint density at radius 1 is 1.03 bits per heavy atom. The molecule has 33 heavy (non-hydrogen) atoms. The van der Waals surface area contributed by atoms with E-state index in [0.717, 1.165) is 18.4 Å². The minimum atomic E-state index is -0.493. The minimum Gasteiger partial charge on any atom is -0.493 e. The van der Waals surface area contributed by atoms with Gasteiger partial charge in [0.15, 0.2) is 11.5 Å². The Morgan fingerprint density at radius 2 is 1.70 bits per heavy atom. The zero-order valence-corrected chi connectivity index (χ0v) is 21.1. The van der Waals surface area contributed by atoms with E-state index in [0.29, 0.717) is 24.0 Å². The lowest BCUT2D eigenvalue weighted by molar-refractivity contribution is -0.162. The predicted molar refractivity (Wildman–Crippen MR) is 131 cm³/mol. The van der Waals surface area contributed by atoms with E-state index in [1.807, 2.05) is 39.0 Å². The molecule has 5 nitrogen and oxygen atoms in total. The topological polar surface area (TPSA) is 48.0 Å². The number of hydrogen-bond acceptors (Lipinski definition) is 5. The van der Waals surface area contributed by atoms with Crippen molar-refractivity contribution in [3.05, 3.63) is 59.7 Å². The number of hydrogen-bond donors (Lipinski definition) is 0. The Morgan fingerprint density at radius 3 is 2.30 bits per heavy atom. The van der Waals surface area contributed by atoms with Crippen LogP contribution in [-0.4, -0.2) is 36.7 Å². The number of ether oxygens (including phenoxy) is 3. The maximum Gasteiger partial charge on any atom is 0.311 e. The summed E-state index contributed by atoms with van der Waals surface area (Å²) in [5, 5.41) is 0. The van der Waals surface area contributed by atoms with Gasteiger partial charge in [0.2, 0.25) is 0 Å². The van der Waals surface area contributed by atoms with Gasteiger partial charge in [-0.25, -0.2) is 0 Å². The first-order chi connectivity index (χ1) is 15.6. The highest BCUT2D eigenvalue weighted by Crippen LogP contribution is 2.41. The van der Waals surface area contributed by atoms with E-state index in [1.54, 1.807) is 14.2 Å². The minimum absolute atomic E-state index is 0.0863. The summed E-state index contributed by atoms with van der Waals surface area (Å²) < 4.78 is 16.8. The van der Waals surface area contributed by atoms with Gasteiger partial charge in [-0.3, -0.25) is 9.69 Å². The first-order valence-corrected chi connectivity index (χ1v) is 11.9. The fraction of sp³-hybridized carbons (Fsp3) is 0.536. The molecule has 1 aliphatic carbocycles. The third kappa shape index (κ3) is 6.08. The summed E-state index contributed by atoms with van der Waals surface area (Å²) in [5.74, 6) is 1.57. The molecular weight excluding hydrogens is 414 g/mol. The van der Waals surface area contributed by atoms with Crippen LogP contribution in [0.25, 0.3) is 0 Å². The molecule has 0 amide bonds. The Kier molecular flexibility index (Phi) is 8.06. The Hall–Kier alpha value is -2.53. The number of nitrogens with zero attached hydrogens (tertiary/aromatic N) is 1. The molecule has 0 bridgehead atoms. The van der Waals surface area contributed by atoms with Crippen LogP contribution in [0.1, 0.15) is 64.6 Å². The molecule has 0 spiro atoms. The molecule has 2 aromatic rings. The molecule has 0 aliphatic heterocycles. The van der Waals surface area contributed by atoms with Gasteiger partial charge in [-0.1, -0.05) is 43.3 Å². The fourth-order valence-electron chi connectivity index (χ4n) is 4.99. The summed E-state index contributed by atoms with van der Waals surface area (Å²) in [4.78, 5) is 15.7. The normalized spacial score (nSPS) is 21.6. The molecule has 0 heterocycles. The van der Waals surface area contributed by atoms with Crippen LogP contribution in [0.15, 0.2) is 48.5 Å². The first kappa shape index (κ1) is 25.1. The van der Waals surface area contributed by atoms with Gasteiger partial charge in [0, 0.05) is 18.6 Å². The largest absolute Gasteiger partial charge is 0.493 e. The monoisotopic (exact) mass is 453 g/mol. The van der Waals surface area contributed by atoms with Crippen LogP contribution in [0.3, 0.4) is 0 Å². The van der Waals surface area contributed by atoms with Gasteiger partial charge in [0.25, 0.3) is 0 Å². The second-order valence-electron chi connectivity index (χ2n) is 10.1. The van der Waals surface area contributed by atoms with Gasteiger partial charge in [-0.15, -0.1) is 0 Å². The maximum atomic E-state index is 13.2. The standard InChI is InChI=1S/C28H39NO4/c1-19-13-15-23(27(30)33-28(3,4)5)26(19)29(20(2)22-11-9-8-10-12-22)18-21-14-16-24(31-6)25(17-21)32-7/h8-12,14,16-17,19-20,23,26H,13,15,18H2,1-7H3/t19-,20+,23-,26+/m1/s1. The maximum absolute atomic E-state index is 13.2. The van der Waals surface area contributed by atoms with E-state index in [-0.39, 0.29) is 24.0 Å². The van der Waals surface area contributed by atoms with E-state index >= 15 is 0 Å². The van der Waals surface area contributed by atoms with Crippen LogP contribution in [0, 0.1) is 11.8 Å². The Bertz CT molecular complexity index is 921. The summed E-state index contributed by atoms with van der Waals surface area (Å²) in [5.41, 5.74) is 1.87. The molecule has 4 atom stereocenters. The van der Waals surface area contributed by atoms with Crippen molar-refractivity contribution in [1.82, 2.24) is 4.90 Å². The molecular formula is C28H39NO4. The molecule has 1 saturated carbocycles. The summed E-state index contributed by atoms with van der Waals surface area (Å²) in [6, 6.07) is 16.8. The second kappa shape index (κ2) is 10.6. The van der Waals surface area contributed by atoms with Crippen LogP contribution in [0.4, 0.5) is 0 Å². The highest BCUT2D eigenvalue weighted by molar-refractivity contribution is 5.74. The number of benzene rings is 2. The zero-order chi connectivity index (χ0) is 24.2. The van der Waals surface area contributed by atoms with Crippen molar-refractivity contribution in [2.75, 3.05) is 14.2 Å². The number of esters is 1. The second-order valence-corrected chi connectivity index (χ2v) is 10.1. The molecule has 0 N–H and O–H groups in total. The van der Waals surface area contributed by atoms with Crippen LogP contribution >= 0.6 is 0 Å². The highest BCUT2D eigenvalue weighted by Gasteiger charge is 2.44. The van der Waals surface area contributed by atoms with E-state index in [2.05, 4.69) is 49.1 Å². The number of methoxy groups -OCH3 is 2. The van der Waals surface area contributed by atoms with Crippen molar-refractivity contribution >= 4 is 5.97 Å². The third-order valence-electron chi connectivity index (χ3n) is 6.61. The van der Waals surface area contributed by atoms with Crippen molar-refractivity contribution in [1.29, 1.82) is 0 Å². The molecule has 0 radical (unpaired) electrons. The average molecular weight is 454 g/mol. The van der Waals surface area contributed by atoms with Crippen molar-refractivity contribution < 1.29 is 19.0 Å².